The zero-order valence-electron chi connectivity index (χ0n) is 19.2. The molecule has 2 rings (SSSR count). The molecule has 0 aliphatic rings. The first kappa shape index (κ1) is 25.3. The van der Waals surface area contributed by atoms with Gasteiger partial charge in [-0.25, -0.2) is 4.79 Å². The second-order valence-electron chi connectivity index (χ2n) is 8.40. The van der Waals surface area contributed by atoms with Crippen LogP contribution in [0.3, 0.4) is 0 Å². The molecule has 3 N–H and O–H groups in total. The number of phenolic OH excluding ortho intramolecular Hbond substituents is 1. The van der Waals surface area contributed by atoms with Gasteiger partial charge in [-0.05, 0) is 51.0 Å². The summed E-state index contributed by atoms with van der Waals surface area (Å²) in [5.74, 6) is -1.18. The number of rotatable bonds is 7. The summed E-state index contributed by atoms with van der Waals surface area (Å²) in [6, 6.07) is 15.1. The molecule has 2 aromatic carbocycles. The molecule has 0 fully saturated rings. The minimum atomic E-state index is -1.19. The Hall–Kier alpha value is -3.99. The van der Waals surface area contributed by atoms with Crippen molar-refractivity contribution in [1.82, 2.24) is 15.5 Å². The van der Waals surface area contributed by atoms with Gasteiger partial charge >= 0.3 is 6.09 Å². The lowest BCUT2D eigenvalue weighted by Gasteiger charge is -2.29. The smallest absolute Gasteiger partial charge is 0.408 e. The van der Waals surface area contributed by atoms with E-state index in [1.807, 2.05) is 30.3 Å². The topological polar surface area (TPSA) is 108 Å². The summed E-state index contributed by atoms with van der Waals surface area (Å²) in [4.78, 5) is 39.3. The van der Waals surface area contributed by atoms with Gasteiger partial charge in [0.05, 0.1) is 0 Å². The predicted molar refractivity (Wildman–Crippen MR) is 124 cm³/mol. The zero-order valence-corrected chi connectivity index (χ0v) is 19.2. The molecule has 0 radical (unpaired) electrons. The molecule has 0 aliphatic carbocycles. The molecule has 0 saturated carbocycles. The molecule has 0 spiro atoms. The number of carbonyl (C=O) groups excluding carboxylic acids is 3. The van der Waals surface area contributed by atoms with E-state index in [2.05, 4.69) is 16.7 Å². The molecule has 8 nitrogen and oxygen atoms in total. The molecule has 0 aromatic heterocycles. The van der Waals surface area contributed by atoms with Crippen LogP contribution in [0, 0.1) is 12.5 Å². The largest absolute Gasteiger partial charge is 0.508 e. The number of phenols is 1. The molecule has 174 valence electrons. The Morgan fingerprint density at radius 1 is 1.09 bits per heavy atom. The van der Waals surface area contributed by atoms with Crippen LogP contribution in [-0.2, 0) is 20.9 Å². The van der Waals surface area contributed by atoms with E-state index in [-0.39, 0.29) is 12.3 Å². The molecule has 2 unspecified atom stereocenters. The van der Waals surface area contributed by atoms with Crippen molar-refractivity contribution >= 4 is 17.9 Å². The number of amides is 3. The van der Waals surface area contributed by atoms with Gasteiger partial charge in [0.1, 0.15) is 23.4 Å². The highest BCUT2D eigenvalue weighted by molar-refractivity contribution is 5.93. The predicted octanol–water partition coefficient (Wildman–Crippen LogP) is 3.08. The lowest BCUT2D eigenvalue weighted by atomic mass is 10.0. The molecule has 0 bridgehead atoms. The number of hydrogen-bond donors (Lipinski definition) is 3. The number of nitrogens with one attached hydrogen (secondary N) is 2. The highest BCUT2D eigenvalue weighted by Crippen LogP contribution is 2.24. The maximum atomic E-state index is 13.2. The second-order valence-corrected chi connectivity index (χ2v) is 8.40. The molecular formula is C25H29N3O5. The molecular weight excluding hydrogens is 422 g/mol. The molecule has 3 amide bonds. The number of carbonyl (C=O) groups is 3. The van der Waals surface area contributed by atoms with Gasteiger partial charge in [0.15, 0.2) is 0 Å². The van der Waals surface area contributed by atoms with Crippen molar-refractivity contribution < 1.29 is 24.2 Å². The summed E-state index contributed by atoms with van der Waals surface area (Å²) >= 11 is 0. The van der Waals surface area contributed by atoms with E-state index in [0.717, 1.165) is 10.5 Å². The van der Waals surface area contributed by atoms with E-state index in [0.29, 0.717) is 5.56 Å². The Morgan fingerprint density at radius 2 is 1.70 bits per heavy atom. The SMILES string of the molecule is C#CN(C(=O)C(C)NC(=O)OC(C)(C)C)C(C(=O)NCc1ccccc1)c1ccc(O)cc1. The summed E-state index contributed by atoms with van der Waals surface area (Å²) in [5, 5.41) is 14.9. The van der Waals surface area contributed by atoms with Crippen molar-refractivity contribution in [1.29, 1.82) is 0 Å². The maximum absolute atomic E-state index is 13.2. The summed E-state index contributed by atoms with van der Waals surface area (Å²) in [5.41, 5.74) is 0.521. The van der Waals surface area contributed by atoms with Gasteiger partial charge < -0.3 is 20.5 Å². The minimum absolute atomic E-state index is 0.000684. The van der Waals surface area contributed by atoms with E-state index in [9.17, 15) is 19.5 Å². The fraction of sp³-hybridized carbons (Fsp3) is 0.320. The number of ether oxygens (including phenoxy) is 1. The van der Waals surface area contributed by atoms with Crippen LogP contribution in [0.2, 0.25) is 0 Å². The number of nitrogens with zero attached hydrogens (tertiary/aromatic N) is 1. The Balaban J connectivity index is 2.26. The lowest BCUT2D eigenvalue weighted by molar-refractivity contribution is -0.138. The van der Waals surface area contributed by atoms with Gasteiger partial charge in [-0.15, -0.1) is 0 Å². The van der Waals surface area contributed by atoms with Gasteiger partial charge in [0, 0.05) is 12.6 Å². The van der Waals surface area contributed by atoms with Gasteiger partial charge in [-0.3, -0.25) is 14.5 Å². The first-order valence-electron chi connectivity index (χ1n) is 10.4. The monoisotopic (exact) mass is 451 g/mol. The van der Waals surface area contributed by atoms with Crippen molar-refractivity contribution in [2.45, 2.75) is 51.9 Å². The third kappa shape index (κ3) is 7.58. The number of alkyl carbamates (subject to hydrolysis) is 1. The lowest BCUT2D eigenvalue weighted by Crippen LogP contribution is -2.50. The van der Waals surface area contributed by atoms with Crippen LogP contribution in [-0.4, -0.2) is 39.6 Å². The van der Waals surface area contributed by atoms with E-state index < -0.39 is 35.6 Å². The van der Waals surface area contributed by atoms with E-state index in [1.54, 1.807) is 20.8 Å². The highest BCUT2D eigenvalue weighted by atomic mass is 16.6. The zero-order chi connectivity index (χ0) is 24.6. The third-order valence-electron chi connectivity index (χ3n) is 4.51. The van der Waals surface area contributed by atoms with Crippen LogP contribution >= 0.6 is 0 Å². The van der Waals surface area contributed by atoms with Crippen LogP contribution < -0.4 is 10.6 Å². The van der Waals surface area contributed by atoms with Crippen molar-refractivity contribution in [2.75, 3.05) is 0 Å². The molecule has 2 atom stereocenters. The number of aromatic hydroxyl groups is 1. The average Bonchev–Trinajstić information content (AvgIpc) is 2.75. The Morgan fingerprint density at radius 3 is 2.24 bits per heavy atom. The number of benzene rings is 2. The van der Waals surface area contributed by atoms with Crippen LogP contribution in [0.15, 0.2) is 54.6 Å². The standard InChI is InChI=1S/C25H29N3O5/c1-6-28(23(31)17(2)27-24(32)33-25(3,4)5)21(19-12-14-20(29)15-13-19)22(30)26-16-18-10-8-7-9-11-18/h1,7-15,17,21,29H,16H2,2-5H3,(H,26,30)(H,27,32). The molecule has 33 heavy (non-hydrogen) atoms. The minimum Gasteiger partial charge on any atom is -0.508 e. The average molecular weight is 452 g/mol. The normalized spacial score (nSPS) is 12.6. The Bertz CT molecular complexity index is 1010. The van der Waals surface area contributed by atoms with Gasteiger partial charge in [-0.1, -0.05) is 48.9 Å². The summed E-state index contributed by atoms with van der Waals surface area (Å²) < 4.78 is 5.19. The van der Waals surface area contributed by atoms with Crippen LogP contribution in [0.4, 0.5) is 4.79 Å². The van der Waals surface area contributed by atoms with E-state index in [4.69, 9.17) is 11.2 Å². The summed E-state index contributed by atoms with van der Waals surface area (Å²) in [6.45, 7) is 6.78. The van der Waals surface area contributed by atoms with Gasteiger partial charge in [-0.2, -0.15) is 0 Å². The summed E-state index contributed by atoms with van der Waals surface area (Å²) in [7, 11) is 0. The molecule has 0 aliphatic heterocycles. The molecule has 0 saturated heterocycles. The van der Waals surface area contributed by atoms with Crippen molar-refractivity contribution in [3.8, 4) is 18.2 Å². The fourth-order valence-corrected chi connectivity index (χ4v) is 2.98. The quantitative estimate of drug-likeness (QED) is 0.443. The number of terminal acetylenes is 1. The van der Waals surface area contributed by atoms with Crippen LogP contribution in [0.1, 0.15) is 44.9 Å². The van der Waals surface area contributed by atoms with E-state index in [1.165, 1.54) is 31.2 Å². The number of hydrogen-bond acceptors (Lipinski definition) is 5. The highest BCUT2D eigenvalue weighted by Gasteiger charge is 2.34. The van der Waals surface area contributed by atoms with Crippen molar-refractivity contribution in [3.63, 3.8) is 0 Å². The van der Waals surface area contributed by atoms with E-state index >= 15 is 0 Å². The summed E-state index contributed by atoms with van der Waals surface area (Å²) in [6.07, 6.45) is 4.86. The van der Waals surface area contributed by atoms with Gasteiger partial charge in [0.25, 0.3) is 5.91 Å². The van der Waals surface area contributed by atoms with Crippen LogP contribution in [0.5, 0.6) is 5.75 Å². The van der Waals surface area contributed by atoms with Gasteiger partial charge in [0.2, 0.25) is 5.91 Å². The maximum Gasteiger partial charge on any atom is 0.408 e. The Labute approximate surface area is 193 Å². The molecule has 0 heterocycles. The van der Waals surface area contributed by atoms with Crippen molar-refractivity contribution in [2.24, 2.45) is 0 Å². The van der Waals surface area contributed by atoms with Crippen LogP contribution in [0.25, 0.3) is 0 Å². The van der Waals surface area contributed by atoms with Crippen molar-refractivity contribution in [3.05, 3.63) is 65.7 Å². The second kappa shape index (κ2) is 11.0. The molecule has 2 aromatic rings. The fourth-order valence-electron chi connectivity index (χ4n) is 2.98. The molecule has 8 heteroatoms. The third-order valence-corrected chi connectivity index (χ3v) is 4.51. The first-order valence-corrected chi connectivity index (χ1v) is 10.4. The first-order chi connectivity index (χ1) is 15.5. The Kier molecular flexibility index (Phi) is 8.46.